The Morgan fingerprint density at radius 2 is 2.06 bits per heavy atom. The van der Waals surface area contributed by atoms with Crippen LogP contribution in [0.5, 0.6) is 0 Å². The molecular weight excluding hydrogens is 285 g/mol. The molecule has 0 fully saturated rings. The Labute approximate surface area is 107 Å². The lowest BCUT2D eigenvalue weighted by molar-refractivity contribution is 0.602. The fourth-order valence-electron chi connectivity index (χ4n) is 1.28. The van der Waals surface area contributed by atoms with E-state index in [1.54, 1.807) is 12.1 Å². The number of hydrogen-bond donors (Lipinski definition) is 1. The molecule has 90 valence electrons. The smallest absolute Gasteiger partial charge is 0.248 e. The summed E-state index contributed by atoms with van der Waals surface area (Å²) in [5.74, 6) is 0.189. The molecule has 0 aliphatic rings. The Morgan fingerprint density at radius 3 is 2.59 bits per heavy atom. The molecule has 0 unspecified atom stereocenters. The topological polar surface area (TPSA) is 75.7 Å². The summed E-state index contributed by atoms with van der Waals surface area (Å²) < 4.78 is 22.0. The van der Waals surface area contributed by atoms with Crippen molar-refractivity contribution < 1.29 is 8.42 Å². The molecule has 0 aliphatic carbocycles. The van der Waals surface area contributed by atoms with Gasteiger partial charge in [0.25, 0.3) is 14.2 Å². The molecular formula is C9H7Cl2N3O2S. The van der Waals surface area contributed by atoms with Crippen molar-refractivity contribution in [2.75, 3.05) is 0 Å². The van der Waals surface area contributed by atoms with Gasteiger partial charge >= 0.3 is 0 Å². The first-order chi connectivity index (χ1) is 7.88. The van der Waals surface area contributed by atoms with Gasteiger partial charge in [0, 0.05) is 16.2 Å². The standard InChI is InChI=1S/C9H7Cl2N3O2S/c1-5-2-3-6(7(10)4-5)8-12-9(14-13-8)17(11,15)16/h2-4H,1H3,(H,12,13,14). The van der Waals surface area contributed by atoms with Crippen LogP contribution in [0.1, 0.15) is 5.56 Å². The third-order valence-corrected chi connectivity index (χ3v) is 3.46. The summed E-state index contributed by atoms with van der Waals surface area (Å²) >= 11 is 6.01. The molecule has 2 rings (SSSR count). The molecule has 1 heterocycles. The highest BCUT2D eigenvalue weighted by Crippen LogP contribution is 2.26. The van der Waals surface area contributed by atoms with Gasteiger partial charge in [-0.3, -0.25) is 0 Å². The zero-order valence-corrected chi connectivity index (χ0v) is 10.9. The van der Waals surface area contributed by atoms with E-state index in [1.807, 2.05) is 13.0 Å². The van der Waals surface area contributed by atoms with Crippen molar-refractivity contribution in [1.82, 2.24) is 15.2 Å². The minimum atomic E-state index is -3.91. The second kappa shape index (κ2) is 4.29. The van der Waals surface area contributed by atoms with Crippen LogP contribution in [-0.2, 0) is 9.05 Å². The molecule has 1 N–H and O–H groups in total. The number of rotatable bonds is 2. The van der Waals surface area contributed by atoms with Crippen molar-refractivity contribution >= 4 is 31.3 Å². The third-order valence-electron chi connectivity index (χ3n) is 2.06. The van der Waals surface area contributed by atoms with E-state index in [1.165, 1.54) is 0 Å². The van der Waals surface area contributed by atoms with Gasteiger partial charge in [0.2, 0.25) is 0 Å². The molecule has 0 saturated carbocycles. The lowest BCUT2D eigenvalue weighted by Gasteiger charge is -1.99. The van der Waals surface area contributed by atoms with Crippen molar-refractivity contribution in [3.05, 3.63) is 28.8 Å². The molecule has 0 spiro atoms. The van der Waals surface area contributed by atoms with Crippen LogP contribution in [0.25, 0.3) is 11.4 Å². The van der Waals surface area contributed by atoms with Crippen molar-refractivity contribution in [2.45, 2.75) is 12.1 Å². The van der Waals surface area contributed by atoms with Crippen LogP contribution < -0.4 is 0 Å². The molecule has 1 aromatic carbocycles. The molecule has 8 heteroatoms. The van der Waals surface area contributed by atoms with Crippen LogP contribution in [-0.4, -0.2) is 23.6 Å². The molecule has 1 aromatic heterocycles. The molecule has 0 saturated heterocycles. The molecule has 5 nitrogen and oxygen atoms in total. The molecule has 0 bridgehead atoms. The minimum absolute atomic E-state index is 0.189. The number of H-pyrrole nitrogens is 1. The van der Waals surface area contributed by atoms with E-state index >= 15 is 0 Å². The fourth-order valence-corrected chi connectivity index (χ4v) is 2.15. The van der Waals surface area contributed by atoms with Gasteiger partial charge in [-0.1, -0.05) is 17.7 Å². The number of benzene rings is 1. The van der Waals surface area contributed by atoms with Crippen LogP contribution in [0.4, 0.5) is 0 Å². The van der Waals surface area contributed by atoms with E-state index < -0.39 is 14.2 Å². The van der Waals surface area contributed by atoms with Gasteiger partial charge in [-0.15, -0.1) is 0 Å². The van der Waals surface area contributed by atoms with E-state index in [0.29, 0.717) is 10.6 Å². The van der Waals surface area contributed by atoms with Crippen molar-refractivity contribution in [2.24, 2.45) is 0 Å². The van der Waals surface area contributed by atoms with Gasteiger partial charge in [-0.25, -0.2) is 13.5 Å². The Morgan fingerprint density at radius 1 is 1.35 bits per heavy atom. The van der Waals surface area contributed by atoms with Crippen LogP contribution >= 0.6 is 22.3 Å². The number of aromatic amines is 1. The van der Waals surface area contributed by atoms with E-state index in [0.717, 1.165) is 5.56 Å². The quantitative estimate of drug-likeness (QED) is 0.862. The Balaban J connectivity index is 2.51. The van der Waals surface area contributed by atoms with Crippen molar-refractivity contribution in [1.29, 1.82) is 0 Å². The fraction of sp³-hybridized carbons (Fsp3) is 0.111. The first-order valence-corrected chi connectivity index (χ1v) is 7.20. The van der Waals surface area contributed by atoms with Crippen LogP contribution in [0.3, 0.4) is 0 Å². The van der Waals surface area contributed by atoms with Gasteiger partial charge in [0.15, 0.2) is 5.82 Å². The second-order valence-electron chi connectivity index (χ2n) is 3.39. The van der Waals surface area contributed by atoms with E-state index in [-0.39, 0.29) is 5.82 Å². The van der Waals surface area contributed by atoms with Gasteiger partial charge < -0.3 is 0 Å². The summed E-state index contributed by atoms with van der Waals surface area (Å²) in [7, 11) is 1.22. The average molecular weight is 292 g/mol. The monoisotopic (exact) mass is 291 g/mol. The van der Waals surface area contributed by atoms with Gasteiger partial charge in [0.1, 0.15) is 0 Å². The molecule has 0 radical (unpaired) electrons. The highest BCUT2D eigenvalue weighted by molar-refractivity contribution is 8.13. The van der Waals surface area contributed by atoms with E-state index in [9.17, 15) is 8.42 Å². The summed E-state index contributed by atoms with van der Waals surface area (Å²) in [4.78, 5) is 3.77. The first-order valence-electron chi connectivity index (χ1n) is 4.51. The highest BCUT2D eigenvalue weighted by Gasteiger charge is 2.17. The Bertz CT molecular complexity index is 667. The summed E-state index contributed by atoms with van der Waals surface area (Å²) in [6, 6.07) is 5.28. The van der Waals surface area contributed by atoms with Gasteiger partial charge in [0.05, 0.1) is 5.02 Å². The zero-order chi connectivity index (χ0) is 12.6. The van der Waals surface area contributed by atoms with Crippen LogP contribution in [0.15, 0.2) is 23.4 Å². The van der Waals surface area contributed by atoms with E-state index in [2.05, 4.69) is 15.2 Å². The lowest BCUT2D eigenvalue weighted by Crippen LogP contribution is -1.92. The number of halogens is 2. The predicted octanol–water partition coefficient (Wildman–Crippen LogP) is 2.36. The molecule has 2 aromatic rings. The summed E-state index contributed by atoms with van der Waals surface area (Å²) in [6.07, 6.45) is 0. The molecule has 0 atom stereocenters. The maximum atomic E-state index is 11.0. The third kappa shape index (κ3) is 2.59. The van der Waals surface area contributed by atoms with Crippen molar-refractivity contribution in [3.8, 4) is 11.4 Å². The minimum Gasteiger partial charge on any atom is -0.248 e. The Hall–Kier alpha value is -1.11. The molecule has 0 amide bonds. The first kappa shape index (κ1) is 12.3. The normalized spacial score (nSPS) is 11.7. The maximum absolute atomic E-state index is 11.0. The molecule has 0 aliphatic heterocycles. The highest BCUT2D eigenvalue weighted by atomic mass is 35.7. The number of aromatic nitrogens is 3. The summed E-state index contributed by atoms with van der Waals surface area (Å²) in [5.41, 5.74) is 1.53. The van der Waals surface area contributed by atoms with Crippen LogP contribution in [0.2, 0.25) is 5.02 Å². The number of aryl methyl sites for hydroxylation is 1. The maximum Gasteiger partial charge on any atom is 0.296 e. The summed E-state index contributed by atoms with van der Waals surface area (Å²) in [5, 5.41) is 6.05. The Kier molecular flexibility index (Phi) is 3.11. The van der Waals surface area contributed by atoms with Gasteiger partial charge in [-0.2, -0.15) is 10.1 Å². The zero-order valence-electron chi connectivity index (χ0n) is 8.61. The molecule has 17 heavy (non-hydrogen) atoms. The second-order valence-corrected chi connectivity index (χ2v) is 6.27. The number of hydrogen-bond acceptors (Lipinski definition) is 4. The van der Waals surface area contributed by atoms with Gasteiger partial charge in [-0.05, 0) is 24.6 Å². The SMILES string of the molecule is Cc1ccc(-c2n[nH]c(S(=O)(=O)Cl)n2)c(Cl)c1. The summed E-state index contributed by atoms with van der Waals surface area (Å²) in [6.45, 7) is 1.89. The lowest BCUT2D eigenvalue weighted by atomic mass is 10.1. The van der Waals surface area contributed by atoms with Crippen LogP contribution in [0, 0.1) is 6.92 Å². The number of nitrogens with zero attached hydrogens (tertiary/aromatic N) is 2. The average Bonchev–Trinajstić information content (AvgIpc) is 2.65. The predicted molar refractivity (Wildman–Crippen MR) is 64.6 cm³/mol. The largest absolute Gasteiger partial charge is 0.296 e. The van der Waals surface area contributed by atoms with E-state index in [4.69, 9.17) is 22.3 Å². The van der Waals surface area contributed by atoms with Crippen molar-refractivity contribution in [3.63, 3.8) is 0 Å². The number of nitrogens with one attached hydrogen (secondary N) is 1.